The highest BCUT2D eigenvalue weighted by atomic mass is 16.5. The Labute approximate surface area is 137 Å². The molecule has 7 nitrogen and oxygen atoms in total. The third kappa shape index (κ3) is 3.69. The molecule has 0 spiro atoms. The van der Waals surface area contributed by atoms with E-state index in [0.29, 0.717) is 18.3 Å². The second-order valence-electron chi connectivity index (χ2n) is 7.01. The number of carboxylic acids is 1. The number of fused-ring (bicyclic) bond motifs is 1. The van der Waals surface area contributed by atoms with Gasteiger partial charge < -0.3 is 14.6 Å². The second-order valence-corrected chi connectivity index (χ2v) is 7.01. The minimum absolute atomic E-state index is 0.135. The number of rotatable bonds is 4. The highest BCUT2D eigenvalue weighted by Crippen LogP contribution is 2.39. The molecule has 0 aromatic rings. The maximum atomic E-state index is 11.8. The number of aliphatic carboxylic acids is 1. The van der Waals surface area contributed by atoms with Crippen molar-refractivity contribution in [1.29, 1.82) is 0 Å². The van der Waals surface area contributed by atoms with Crippen molar-refractivity contribution in [1.82, 2.24) is 15.5 Å². The molecule has 2 heterocycles. The molecule has 7 heteroatoms. The number of nitrogens with one attached hydrogen (secondary N) is 2. The zero-order chi connectivity index (χ0) is 16.4. The second kappa shape index (κ2) is 7.44. The molecule has 0 aromatic heterocycles. The van der Waals surface area contributed by atoms with Crippen LogP contribution in [0.2, 0.25) is 0 Å². The van der Waals surface area contributed by atoms with Gasteiger partial charge in [0.25, 0.3) is 0 Å². The standard InChI is InChI=1S/C16H29N3O4/c1-22-13-8-14(23-2)18-16(17-13)19-9-11-6-4-3-5-10(11)7-12(19)15(20)21/h10-14,16-18H,3-9H2,1-2H3,(H,20,21). The normalized spacial score (nSPS) is 42.2. The molecule has 1 saturated carbocycles. The van der Waals surface area contributed by atoms with Crippen molar-refractivity contribution < 1.29 is 19.4 Å². The van der Waals surface area contributed by atoms with Gasteiger partial charge in [-0.15, -0.1) is 0 Å². The largest absolute Gasteiger partial charge is 0.480 e. The van der Waals surface area contributed by atoms with E-state index in [9.17, 15) is 9.90 Å². The predicted octanol–water partition coefficient (Wildman–Crippen LogP) is 0.763. The van der Waals surface area contributed by atoms with Gasteiger partial charge in [-0.3, -0.25) is 20.3 Å². The number of ether oxygens (including phenoxy) is 2. The molecule has 3 fully saturated rings. The first kappa shape index (κ1) is 17.1. The van der Waals surface area contributed by atoms with Gasteiger partial charge in [0.1, 0.15) is 24.8 Å². The Kier molecular flexibility index (Phi) is 5.53. The Bertz CT molecular complexity index is 410. The summed E-state index contributed by atoms with van der Waals surface area (Å²) in [6, 6.07) is -0.451. The molecule has 0 radical (unpaired) electrons. The highest BCUT2D eigenvalue weighted by Gasteiger charge is 2.44. The Balaban J connectivity index is 1.75. The number of methoxy groups -OCH3 is 2. The topological polar surface area (TPSA) is 83.1 Å². The number of likely N-dealkylation sites (tertiary alicyclic amines) is 1. The van der Waals surface area contributed by atoms with Gasteiger partial charge in [0, 0.05) is 27.2 Å². The number of nitrogens with zero attached hydrogens (tertiary/aromatic N) is 1. The lowest BCUT2D eigenvalue weighted by Crippen LogP contribution is -2.70. The molecule has 3 N–H and O–H groups in total. The van der Waals surface area contributed by atoms with Crippen LogP contribution in [-0.4, -0.2) is 61.5 Å². The molecule has 0 aromatic carbocycles. The average Bonchev–Trinajstić information content (AvgIpc) is 2.59. The fourth-order valence-corrected chi connectivity index (χ4v) is 4.43. The van der Waals surface area contributed by atoms with Crippen molar-refractivity contribution in [2.45, 2.75) is 63.3 Å². The van der Waals surface area contributed by atoms with Crippen molar-refractivity contribution in [3.8, 4) is 0 Å². The lowest BCUT2D eigenvalue weighted by molar-refractivity contribution is -0.156. The predicted molar refractivity (Wildman–Crippen MR) is 84.5 cm³/mol. The lowest BCUT2D eigenvalue weighted by Gasteiger charge is -2.50. The number of piperidine rings is 1. The summed E-state index contributed by atoms with van der Waals surface area (Å²) in [5, 5.41) is 16.4. The zero-order valence-corrected chi connectivity index (χ0v) is 14.0. The van der Waals surface area contributed by atoms with E-state index in [1.54, 1.807) is 14.2 Å². The number of carboxylic acid groups (broad SMARTS) is 1. The van der Waals surface area contributed by atoms with Gasteiger partial charge in [-0.1, -0.05) is 19.3 Å². The van der Waals surface area contributed by atoms with Crippen LogP contribution in [0, 0.1) is 11.8 Å². The van der Waals surface area contributed by atoms with E-state index in [-0.39, 0.29) is 18.7 Å². The average molecular weight is 327 g/mol. The van der Waals surface area contributed by atoms with E-state index in [0.717, 1.165) is 13.0 Å². The van der Waals surface area contributed by atoms with E-state index >= 15 is 0 Å². The van der Waals surface area contributed by atoms with Crippen LogP contribution in [0.25, 0.3) is 0 Å². The van der Waals surface area contributed by atoms with E-state index in [1.165, 1.54) is 25.7 Å². The minimum Gasteiger partial charge on any atom is -0.480 e. The van der Waals surface area contributed by atoms with Crippen molar-refractivity contribution in [3.05, 3.63) is 0 Å². The van der Waals surface area contributed by atoms with E-state index in [4.69, 9.17) is 9.47 Å². The van der Waals surface area contributed by atoms with E-state index < -0.39 is 12.0 Å². The smallest absolute Gasteiger partial charge is 0.321 e. The molecule has 5 unspecified atom stereocenters. The van der Waals surface area contributed by atoms with Crippen LogP contribution >= 0.6 is 0 Å². The molecule has 2 aliphatic heterocycles. The quantitative estimate of drug-likeness (QED) is 0.703. The molecule has 0 bridgehead atoms. The Morgan fingerprint density at radius 1 is 1.04 bits per heavy atom. The number of hydrogen-bond donors (Lipinski definition) is 3. The molecule has 23 heavy (non-hydrogen) atoms. The van der Waals surface area contributed by atoms with Crippen LogP contribution in [0.3, 0.4) is 0 Å². The first-order chi connectivity index (χ1) is 11.1. The fourth-order valence-electron chi connectivity index (χ4n) is 4.43. The Morgan fingerprint density at radius 2 is 1.65 bits per heavy atom. The van der Waals surface area contributed by atoms with Crippen LogP contribution in [0.5, 0.6) is 0 Å². The number of carbonyl (C=O) groups is 1. The molecule has 3 aliphatic rings. The third-order valence-electron chi connectivity index (χ3n) is 5.74. The maximum Gasteiger partial charge on any atom is 0.321 e. The van der Waals surface area contributed by atoms with Crippen molar-refractivity contribution in [2.24, 2.45) is 11.8 Å². The first-order valence-electron chi connectivity index (χ1n) is 8.68. The molecular formula is C16H29N3O4. The van der Waals surface area contributed by atoms with Gasteiger partial charge in [0.15, 0.2) is 0 Å². The summed E-state index contributed by atoms with van der Waals surface area (Å²) in [5.41, 5.74) is 0. The van der Waals surface area contributed by atoms with E-state index in [1.807, 2.05) is 0 Å². The summed E-state index contributed by atoms with van der Waals surface area (Å²) < 4.78 is 10.9. The van der Waals surface area contributed by atoms with Gasteiger partial charge in [-0.25, -0.2) is 0 Å². The van der Waals surface area contributed by atoms with Crippen LogP contribution in [-0.2, 0) is 14.3 Å². The lowest BCUT2D eigenvalue weighted by atomic mass is 9.73. The summed E-state index contributed by atoms with van der Waals surface area (Å²) in [5.74, 6) is 0.430. The third-order valence-corrected chi connectivity index (χ3v) is 5.74. The van der Waals surface area contributed by atoms with Gasteiger partial charge in [0.05, 0.1) is 0 Å². The summed E-state index contributed by atoms with van der Waals surface area (Å²) >= 11 is 0. The molecule has 3 rings (SSSR count). The summed E-state index contributed by atoms with van der Waals surface area (Å²) in [6.45, 7) is 0.819. The maximum absolute atomic E-state index is 11.8. The van der Waals surface area contributed by atoms with E-state index in [2.05, 4.69) is 15.5 Å². The summed E-state index contributed by atoms with van der Waals surface area (Å²) in [6.07, 6.45) is 5.83. The fraction of sp³-hybridized carbons (Fsp3) is 0.938. The van der Waals surface area contributed by atoms with Gasteiger partial charge in [0.2, 0.25) is 0 Å². The molecular weight excluding hydrogens is 298 g/mol. The van der Waals surface area contributed by atoms with Crippen LogP contribution in [0.4, 0.5) is 0 Å². The SMILES string of the molecule is COC1CC(OC)NC(N2CC3CCCCC3CC2C(=O)O)N1. The molecule has 132 valence electrons. The Morgan fingerprint density at radius 3 is 2.22 bits per heavy atom. The first-order valence-corrected chi connectivity index (χ1v) is 8.68. The number of hydrogen-bond acceptors (Lipinski definition) is 6. The van der Waals surface area contributed by atoms with Gasteiger partial charge >= 0.3 is 5.97 Å². The van der Waals surface area contributed by atoms with Gasteiger partial charge in [-0.2, -0.15) is 0 Å². The van der Waals surface area contributed by atoms with Crippen molar-refractivity contribution in [3.63, 3.8) is 0 Å². The Hall–Kier alpha value is -0.730. The highest BCUT2D eigenvalue weighted by molar-refractivity contribution is 5.73. The molecule has 5 atom stereocenters. The van der Waals surface area contributed by atoms with Crippen LogP contribution in [0.1, 0.15) is 38.5 Å². The monoisotopic (exact) mass is 327 g/mol. The van der Waals surface area contributed by atoms with Crippen molar-refractivity contribution in [2.75, 3.05) is 20.8 Å². The van der Waals surface area contributed by atoms with Crippen molar-refractivity contribution >= 4 is 5.97 Å². The van der Waals surface area contributed by atoms with Gasteiger partial charge in [-0.05, 0) is 24.7 Å². The molecule has 1 aliphatic carbocycles. The molecule has 0 amide bonds. The summed E-state index contributed by atoms with van der Waals surface area (Å²) in [7, 11) is 3.32. The molecule has 2 saturated heterocycles. The van der Waals surface area contributed by atoms with Crippen LogP contribution < -0.4 is 10.6 Å². The summed E-state index contributed by atoms with van der Waals surface area (Å²) in [4.78, 5) is 13.9. The van der Waals surface area contributed by atoms with Crippen LogP contribution in [0.15, 0.2) is 0 Å². The zero-order valence-electron chi connectivity index (χ0n) is 14.0. The minimum atomic E-state index is -0.730.